The Bertz CT molecular complexity index is 1300. The maximum absolute atomic E-state index is 9.25. The summed E-state index contributed by atoms with van der Waals surface area (Å²) in [5, 5.41) is 15.1. The van der Waals surface area contributed by atoms with Crippen molar-refractivity contribution in [2.24, 2.45) is 0 Å². The summed E-state index contributed by atoms with van der Waals surface area (Å²) in [5.74, 6) is 0.975. The van der Waals surface area contributed by atoms with Gasteiger partial charge in [0.15, 0.2) is 0 Å². The molecule has 0 saturated carbocycles. The number of likely N-dealkylation sites (N-methyl/N-ethyl adjacent to an activating group) is 1. The normalized spacial score (nSPS) is 22.2. The summed E-state index contributed by atoms with van der Waals surface area (Å²) in [6, 6.07) is 11.8. The molecule has 3 aliphatic rings. The van der Waals surface area contributed by atoms with E-state index in [9.17, 15) is 5.26 Å². The van der Waals surface area contributed by atoms with Gasteiger partial charge in [0.25, 0.3) is 0 Å². The van der Waals surface area contributed by atoms with E-state index >= 15 is 0 Å². The maximum atomic E-state index is 9.25. The van der Waals surface area contributed by atoms with E-state index in [0.717, 1.165) is 62.5 Å². The van der Waals surface area contributed by atoms with Crippen LogP contribution in [0, 0.1) is 11.3 Å². The number of rotatable bonds is 6. The minimum atomic E-state index is 0.143. The molecule has 2 atom stereocenters. The lowest BCUT2D eigenvalue weighted by atomic mass is 10.0. The summed E-state index contributed by atoms with van der Waals surface area (Å²) in [7, 11) is 2.16. The highest BCUT2D eigenvalue weighted by atomic mass is 16.5. The third-order valence-corrected chi connectivity index (χ3v) is 7.99. The Hall–Kier alpha value is -3.48. The minimum Gasteiger partial charge on any atom is -0.462 e. The number of nitrogens with one attached hydrogen (secondary N) is 1. The number of nitriles is 1. The Kier molecular flexibility index (Phi) is 6.77. The van der Waals surface area contributed by atoms with Crippen LogP contribution in [0.5, 0.6) is 6.01 Å². The fourth-order valence-corrected chi connectivity index (χ4v) is 5.92. The SMILES string of the molecule is CN1CCCC1COc1nc2c(c(N3CCNC(CC#N)C3)n1)CCN(c1cccc3ccncc13)C2. The second-order valence-corrected chi connectivity index (χ2v) is 10.3. The molecule has 3 aliphatic heterocycles. The molecule has 0 bridgehead atoms. The summed E-state index contributed by atoms with van der Waals surface area (Å²) in [5.41, 5.74) is 3.42. The van der Waals surface area contributed by atoms with Crippen LogP contribution in [0.1, 0.15) is 30.5 Å². The molecule has 3 aromatic rings. The van der Waals surface area contributed by atoms with Gasteiger partial charge in [-0.15, -0.1) is 0 Å². The number of benzene rings is 1. The third kappa shape index (κ3) is 4.91. The molecular weight excluding hydrogens is 464 g/mol. The van der Waals surface area contributed by atoms with Crippen LogP contribution in [0.3, 0.4) is 0 Å². The predicted octanol–water partition coefficient (Wildman–Crippen LogP) is 2.75. The number of fused-ring (bicyclic) bond motifs is 2. The van der Waals surface area contributed by atoms with Crippen molar-refractivity contribution in [3.63, 3.8) is 0 Å². The van der Waals surface area contributed by atoms with Gasteiger partial charge < -0.3 is 24.8 Å². The third-order valence-electron chi connectivity index (χ3n) is 7.99. The van der Waals surface area contributed by atoms with Gasteiger partial charge in [0, 0.05) is 67.3 Å². The number of ether oxygens (including phenoxy) is 1. The lowest BCUT2D eigenvalue weighted by molar-refractivity contribution is 0.187. The molecule has 2 saturated heterocycles. The number of hydrogen-bond donors (Lipinski definition) is 1. The van der Waals surface area contributed by atoms with Gasteiger partial charge in [-0.2, -0.15) is 15.2 Å². The van der Waals surface area contributed by atoms with Crippen molar-refractivity contribution in [2.75, 3.05) is 56.2 Å². The molecule has 37 heavy (non-hydrogen) atoms. The number of piperazine rings is 1. The first-order chi connectivity index (χ1) is 18.2. The Morgan fingerprint density at radius 1 is 1.16 bits per heavy atom. The molecule has 1 N–H and O–H groups in total. The second kappa shape index (κ2) is 10.5. The number of nitrogens with zero attached hydrogens (tertiary/aromatic N) is 7. The number of aromatic nitrogens is 3. The monoisotopic (exact) mass is 498 g/mol. The summed E-state index contributed by atoms with van der Waals surface area (Å²) in [6.45, 7) is 5.76. The van der Waals surface area contributed by atoms with E-state index in [1.807, 2.05) is 12.4 Å². The van der Waals surface area contributed by atoms with Gasteiger partial charge in [-0.25, -0.2) is 0 Å². The Morgan fingerprint density at radius 2 is 2.11 bits per heavy atom. The van der Waals surface area contributed by atoms with Crippen LogP contribution < -0.4 is 19.9 Å². The molecule has 2 fully saturated rings. The van der Waals surface area contributed by atoms with Gasteiger partial charge in [-0.3, -0.25) is 4.98 Å². The molecule has 9 heteroatoms. The largest absolute Gasteiger partial charge is 0.462 e. The van der Waals surface area contributed by atoms with Gasteiger partial charge in [-0.05, 0) is 50.4 Å². The lowest BCUT2D eigenvalue weighted by Gasteiger charge is -2.37. The van der Waals surface area contributed by atoms with Crippen molar-refractivity contribution in [2.45, 2.75) is 44.3 Å². The fourth-order valence-electron chi connectivity index (χ4n) is 5.92. The van der Waals surface area contributed by atoms with Crippen LogP contribution in [-0.4, -0.2) is 78.3 Å². The average Bonchev–Trinajstić information content (AvgIpc) is 3.35. The van der Waals surface area contributed by atoms with E-state index in [2.05, 4.69) is 62.4 Å². The molecule has 2 unspecified atom stereocenters. The predicted molar refractivity (Wildman–Crippen MR) is 144 cm³/mol. The molecule has 0 radical (unpaired) electrons. The first-order valence-corrected chi connectivity index (χ1v) is 13.4. The van der Waals surface area contributed by atoms with E-state index in [0.29, 0.717) is 31.6 Å². The standard InChI is InChI=1S/C28H34N8O/c1-34-13-3-5-22(34)19-37-28-32-25-18-35(26-6-2-4-20-8-11-30-16-24(20)26)14-9-23(25)27(33-28)36-15-12-31-21(17-36)7-10-29/h2,4,6,8,11,16,21-22,31H,3,5,7,9,12-15,17-19H2,1H3. The first-order valence-electron chi connectivity index (χ1n) is 13.4. The number of pyridine rings is 1. The van der Waals surface area contributed by atoms with Crippen LogP contribution in [0.2, 0.25) is 0 Å². The van der Waals surface area contributed by atoms with Crippen molar-refractivity contribution in [1.29, 1.82) is 5.26 Å². The van der Waals surface area contributed by atoms with Gasteiger partial charge in [0.2, 0.25) is 0 Å². The van der Waals surface area contributed by atoms with Gasteiger partial charge >= 0.3 is 6.01 Å². The first kappa shape index (κ1) is 23.9. The van der Waals surface area contributed by atoms with Crippen molar-refractivity contribution in [3.8, 4) is 12.1 Å². The highest BCUT2D eigenvalue weighted by Crippen LogP contribution is 2.34. The van der Waals surface area contributed by atoms with Crippen LogP contribution in [0.4, 0.5) is 11.5 Å². The molecule has 1 aromatic carbocycles. The number of anilines is 2. The van der Waals surface area contributed by atoms with Crippen LogP contribution in [0.25, 0.3) is 10.8 Å². The molecule has 192 valence electrons. The smallest absolute Gasteiger partial charge is 0.318 e. The fraction of sp³-hybridized carbons (Fsp3) is 0.500. The van der Waals surface area contributed by atoms with Crippen molar-refractivity contribution in [1.82, 2.24) is 25.2 Å². The van der Waals surface area contributed by atoms with E-state index in [4.69, 9.17) is 14.7 Å². The molecule has 6 rings (SSSR count). The zero-order valence-electron chi connectivity index (χ0n) is 21.4. The molecular formula is C28H34N8O. The van der Waals surface area contributed by atoms with Crippen LogP contribution in [-0.2, 0) is 13.0 Å². The zero-order valence-corrected chi connectivity index (χ0v) is 21.4. The van der Waals surface area contributed by atoms with Crippen molar-refractivity contribution < 1.29 is 4.74 Å². The van der Waals surface area contributed by atoms with Gasteiger partial charge in [0.1, 0.15) is 12.4 Å². The number of hydrogen-bond acceptors (Lipinski definition) is 9. The molecule has 0 aliphatic carbocycles. The second-order valence-electron chi connectivity index (χ2n) is 10.3. The topological polar surface area (TPSA) is 93.4 Å². The Labute approximate surface area is 218 Å². The van der Waals surface area contributed by atoms with Crippen molar-refractivity contribution in [3.05, 3.63) is 47.9 Å². The minimum absolute atomic E-state index is 0.143. The van der Waals surface area contributed by atoms with Gasteiger partial charge in [0.05, 0.1) is 24.7 Å². The highest BCUT2D eigenvalue weighted by Gasteiger charge is 2.29. The summed E-state index contributed by atoms with van der Waals surface area (Å²) in [4.78, 5) is 21.4. The molecule has 5 heterocycles. The summed E-state index contributed by atoms with van der Waals surface area (Å²) in [6.07, 6.45) is 7.50. The van der Waals surface area contributed by atoms with E-state index in [1.54, 1.807) is 0 Å². The van der Waals surface area contributed by atoms with Crippen LogP contribution in [0.15, 0.2) is 36.7 Å². The molecule has 2 aromatic heterocycles. The highest BCUT2D eigenvalue weighted by molar-refractivity contribution is 5.93. The molecule has 0 spiro atoms. The van der Waals surface area contributed by atoms with E-state index in [-0.39, 0.29) is 6.04 Å². The van der Waals surface area contributed by atoms with E-state index < -0.39 is 0 Å². The maximum Gasteiger partial charge on any atom is 0.318 e. The molecule has 9 nitrogen and oxygen atoms in total. The molecule has 0 amide bonds. The van der Waals surface area contributed by atoms with E-state index in [1.165, 1.54) is 23.1 Å². The van der Waals surface area contributed by atoms with Crippen LogP contribution >= 0.6 is 0 Å². The Morgan fingerprint density at radius 3 is 2.97 bits per heavy atom. The van der Waals surface area contributed by atoms with Gasteiger partial charge in [-0.1, -0.05) is 12.1 Å². The quantitative estimate of drug-likeness (QED) is 0.551. The Balaban J connectivity index is 1.32. The number of likely N-dealkylation sites (tertiary alicyclic amines) is 1. The average molecular weight is 499 g/mol. The summed E-state index contributed by atoms with van der Waals surface area (Å²) >= 11 is 0. The summed E-state index contributed by atoms with van der Waals surface area (Å²) < 4.78 is 6.26. The lowest BCUT2D eigenvalue weighted by Crippen LogP contribution is -2.51. The van der Waals surface area contributed by atoms with Crippen molar-refractivity contribution >= 4 is 22.3 Å². The zero-order chi connectivity index (χ0) is 25.2.